The number of fused-ring (bicyclic) bond motifs is 6. The average Bonchev–Trinajstić information content (AvgIpc) is 3.60. The standard InChI is InChI=1S/C29H32ClN3O2S2/c1-3-32(4-2)22-13-7-17(8-14-22)24-25-18-5-6-19(15-18)26(25)36-28-27(24)37-29(35)33(28)16-23(34)31-21-11-9-20(30)10-12-21/h7-14,18-19,24-26H,3-6,15-16H2,1-2H3,(H,31,34)/t18?,19?,24-,25?,26?/m0/s1. The number of carbonyl (C=O) groups is 1. The zero-order valence-corrected chi connectivity index (χ0v) is 23.5. The zero-order chi connectivity index (χ0) is 25.7. The Bertz CT molecular complexity index is 1350. The first-order chi connectivity index (χ1) is 18.0. The van der Waals surface area contributed by atoms with Crippen molar-refractivity contribution in [2.75, 3.05) is 23.3 Å². The van der Waals surface area contributed by atoms with Crippen molar-refractivity contribution in [3.05, 3.63) is 73.7 Å². The number of halogens is 1. The molecule has 3 aromatic rings. The maximum absolute atomic E-state index is 13.3. The zero-order valence-electron chi connectivity index (χ0n) is 21.2. The highest BCUT2D eigenvalue weighted by Crippen LogP contribution is 2.64. The van der Waals surface area contributed by atoms with Crippen molar-refractivity contribution in [3.63, 3.8) is 0 Å². The number of anilines is 2. The molecule has 4 unspecified atom stereocenters. The van der Waals surface area contributed by atoms with Crippen LogP contribution in [0, 0.1) is 17.8 Å². The summed E-state index contributed by atoms with van der Waals surface area (Å²) in [5, 5.41) is 5.06. The highest BCUT2D eigenvalue weighted by Gasteiger charge is 2.55. The molecule has 2 aromatic carbocycles. The summed E-state index contributed by atoms with van der Waals surface area (Å²) in [6.45, 7) is 6.36. The van der Waals surface area contributed by atoms with Crippen molar-refractivity contribution < 1.29 is 4.79 Å². The van der Waals surface area contributed by atoms with Crippen LogP contribution in [-0.4, -0.2) is 28.8 Å². The first-order valence-corrected chi connectivity index (χ1v) is 15.3. The topological polar surface area (TPSA) is 54.3 Å². The Labute approximate surface area is 231 Å². The van der Waals surface area contributed by atoms with Gasteiger partial charge in [-0.3, -0.25) is 14.2 Å². The molecule has 1 aromatic heterocycles. The molecule has 0 saturated heterocycles. The van der Waals surface area contributed by atoms with Crippen LogP contribution >= 0.6 is 34.7 Å². The van der Waals surface area contributed by atoms with E-state index in [1.54, 1.807) is 28.8 Å². The van der Waals surface area contributed by atoms with Gasteiger partial charge in [0.05, 0.1) is 5.03 Å². The summed E-state index contributed by atoms with van der Waals surface area (Å²) in [4.78, 5) is 29.7. The molecule has 0 spiro atoms. The van der Waals surface area contributed by atoms with Crippen LogP contribution in [0.5, 0.6) is 0 Å². The Hall–Kier alpha value is -2.22. The molecule has 2 heterocycles. The van der Waals surface area contributed by atoms with Crippen LogP contribution in [0.2, 0.25) is 5.02 Å². The third kappa shape index (κ3) is 4.53. The maximum Gasteiger partial charge on any atom is 0.308 e. The third-order valence-corrected chi connectivity index (χ3v) is 11.6. The second kappa shape index (κ2) is 10.2. The number of carbonyl (C=O) groups excluding carboxylic acids is 1. The van der Waals surface area contributed by atoms with Gasteiger partial charge < -0.3 is 10.2 Å². The second-order valence-corrected chi connectivity index (χ2v) is 13.0. The van der Waals surface area contributed by atoms with Gasteiger partial charge in [-0.25, -0.2) is 0 Å². The largest absolute Gasteiger partial charge is 0.372 e. The van der Waals surface area contributed by atoms with E-state index >= 15 is 0 Å². The van der Waals surface area contributed by atoms with E-state index in [1.807, 2.05) is 11.8 Å². The highest BCUT2D eigenvalue weighted by molar-refractivity contribution is 8.00. The monoisotopic (exact) mass is 553 g/mol. The van der Waals surface area contributed by atoms with Crippen LogP contribution in [0.3, 0.4) is 0 Å². The van der Waals surface area contributed by atoms with Crippen molar-refractivity contribution in [3.8, 4) is 0 Å². The number of thiazole rings is 1. The van der Waals surface area contributed by atoms with Crippen molar-refractivity contribution in [2.45, 2.75) is 55.8 Å². The molecule has 194 valence electrons. The van der Waals surface area contributed by atoms with Crippen LogP contribution in [0.1, 0.15) is 49.5 Å². The molecule has 0 radical (unpaired) electrons. The van der Waals surface area contributed by atoms with E-state index in [4.69, 9.17) is 11.6 Å². The van der Waals surface area contributed by atoms with Gasteiger partial charge in [-0.1, -0.05) is 35.1 Å². The molecule has 1 amide bonds. The Morgan fingerprint density at radius 1 is 1.05 bits per heavy atom. The van der Waals surface area contributed by atoms with Gasteiger partial charge in [0.1, 0.15) is 6.54 Å². The fourth-order valence-electron chi connectivity index (χ4n) is 6.82. The van der Waals surface area contributed by atoms with Gasteiger partial charge in [0.25, 0.3) is 0 Å². The first-order valence-electron chi connectivity index (χ1n) is 13.3. The lowest BCUT2D eigenvalue weighted by Gasteiger charge is -2.40. The highest BCUT2D eigenvalue weighted by atomic mass is 35.5. The molecule has 2 bridgehead atoms. The molecule has 1 N–H and O–H groups in total. The van der Waals surface area contributed by atoms with E-state index in [9.17, 15) is 9.59 Å². The fourth-order valence-corrected chi connectivity index (χ4v) is 10.1. The van der Waals surface area contributed by atoms with Crippen molar-refractivity contribution >= 4 is 52.0 Å². The van der Waals surface area contributed by atoms with E-state index in [-0.39, 0.29) is 23.2 Å². The molecule has 5 atom stereocenters. The summed E-state index contributed by atoms with van der Waals surface area (Å²) in [7, 11) is 0. The number of amides is 1. The number of aromatic nitrogens is 1. The predicted octanol–water partition coefficient (Wildman–Crippen LogP) is 6.70. The molecule has 1 aliphatic heterocycles. The van der Waals surface area contributed by atoms with Gasteiger partial charge in [-0.15, -0.1) is 11.8 Å². The van der Waals surface area contributed by atoms with E-state index in [2.05, 4.69) is 48.3 Å². The SMILES string of the molecule is CCN(CC)c1ccc([C@@H]2c3sc(=O)n(CC(=O)Nc4ccc(Cl)cc4)c3SC3C4CCC(C4)C32)cc1. The third-order valence-electron chi connectivity index (χ3n) is 8.50. The van der Waals surface area contributed by atoms with E-state index in [0.29, 0.717) is 27.8 Å². The molecule has 2 aliphatic carbocycles. The summed E-state index contributed by atoms with van der Waals surface area (Å²) in [6.07, 6.45) is 3.88. The number of nitrogens with one attached hydrogen (secondary N) is 1. The Morgan fingerprint density at radius 2 is 1.76 bits per heavy atom. The smallest absolute Gasteiger partial charge is 0.308 e. The maximum atomic E-state index is 13.3. The lowest BCUT2D eigenvalue weighted by molar-refractivity contribution is -0.116. The number of hydrogen-bond donors (Lipinski definition) is 1. The van der Waals surface area contributed by atoms with Crippen LogP contribution in [0.15, 0.2) is 58.4 Å². The lowest BCUT2D eigenvalue weighted by atomic mass is 9.75. The molecule has 6 rings (SSSR count). The van der Waals surface area contributed by atoms with Gasteiger partial charge in [0.2, 0.25) is 5.91 Å². The predicted molar refractivity (Wildman–Crippen MR) is 154 cm³/mol. The van der Waals surface area contributed by atoms with Crippen molar-refractivity contribution in [1.82, 2.24) is 4.57 Å². The molecule has 37 heavy (non-hydrogen) atoms. The molecule has 8 heteroatoms. The summed E-state index contributed by atoms with van der Waals surface area (Å²) < 4.78 is 1.72. The molecular weight excluding hydrogens is 522 g/mol. The Balaban J connectivity index is 1.34. The number of rotatable bonds is 7. The second-order valence-electron chi connectivity index (χ2n) is 10.4. The Kier molecular flexibility index (Phi) is 6.88. The van der Waals surface area contributed by atoms with Gasteiger partial charge >= 0.3 is 4.87 Å². The normalized spacial score (nSPS) is 25.5. The molecular formula is C29H32ClN3O2S2. The summed E-state index contributed by atoms with van der Waals surface area (Å²) in [5.41, 5.74) is 3.23. The number of nitrogens with zero attached hydrogens (tertiary/aromatic N) is 2. The van der Waals surface area contributed by atoms with Crippen LogP contribution in [-0.2, 0) is 11.3 Å². The Morgan fingerprint density at radius 3 is 2.46 bits per heavy atom. The van der Waals surface area contributed by atoms with Crippen molar-refractivity contribution in [1.29, 1.82) is 0 Å². The minimum Gasteiger partial charge on any atom is -0.372 e. The van der Waals surface area contributed by atoms with E-state index < -0.39 is 0 Å². The number of benzene rings is 2. The summed E-state index contributed by atoms with van der Waals surface area (Å²) in [5.74, 6) is 2.02. The molecule has 5 nitrogen and oxygen atoms in total. The minimum atomic E-state index is -0.194. The quantitative estimate of drug-likeness (QED) is 0.354. The van der Waals surface area contributed by atoms with Crippen LogP contribution in [0.25, 0.3) is 0 Å². The van der Waals surface area contributed by atoms with E-state index in [1.165, 1.54) is 41.9 Å². The first kappa shape index (κ1) is 25.1. The van der Waals surface area contributed by atoms with Crippen LogP contribution in [0.4, 0.5) is 11.4 Å². The molecule has 3 aliphatic rings. The summed E-state index contributed by atoms with van der Waals surface area (Å²) >= 11 is 9.19. The number of thioether (sulfide) groups is 1. The number of hydrogen-bond acceptors (Lipinski definition) is 5. The lowest BCUT2D eigenvalue weighted by Crippen LogP contribution is -2.35. The fraction of sp³-hybridized carbons (Fsp3) is 0.448. The summed E-state index contributed by atoms with van der Waals surface area (Å²) in [6, 6.07) is 16.1. The van der Waals surface area contributed by atoms with Gasteiger partial charge in [0, 0.05) is 45.5 Å². The average molecular weight is 554 g/mol. The van der Waals surface area contributed by atoms with E-state index in [0.717, 1.165) is 28.9 Å². The van der Waals surface area contributed by atoms with Crippen molar-refractivity contribution in [2.24, 2.45) is 17.8 Å². The minimum absolute atomic E-state index is 0.0272. The van der Waals surface area contributed by atoms with Crippen LogP contribution < -0.4 is 15.1 Å². The molecule has 2 saturated carbocycles. The van der Waals surface area contributed by atoms with Gasteiger partial charge in [-0.05, 0) is 92.8 Å². The molecule has 2 fully saturated rings. The van der Waals surface area contributed by atoms with Gasteiger partial charge in [0.15, 0.2) is 0 Å². The van der Waals surface area contributed by atoms with Gasteiger partial charge in [-0.2, -0.15) is 0 Å².